The van der Waals surface area contributed by atoms with E-state index >= 15 is 0 Å². The summed E-state index contributed by atoms with van der Waals surface area (Å²) in [5.41, 5.74) is 1.01. The molecule has 21 heavy (non-hydrogen) atoms. The molecule has 0 aliphatic rings. The third-order valence-electron chi connectivity index (χ3n) is 2.82. The van der Waals surface area contributed by atoms with Crippen LogP contribution in [0.3, 0.4) is 0 Å². The molecule has 2 aromatic rings. The van der Waals surface area contributed by atoms with E-state index in [0.29, 0.717) is 23.5 Å². The molecule has 0 fully saturated rings. The summed E-state index contributed by atoms with van der Waals surface area (Å²) in [7, 11) is 0. The van der Waals surface area contributed by atoms with Crippen molar-refractivity contribution in [3.05, 3.63) is 77.6 Å². The van der Waals surface area contributed by atoms with Crippen LogP contribution >= 0.6 is 15.9 Å². The summed E-state index contributed by atoms with van der Waals surface area (Å²) in [5, 5.41) is 0.793. The second kappa shape index (κ2) is 7.74. The van der Waals surface area contributed by atoms with Gasteiger partial charge in [-0.15, -0.1) is 0 Å². The lowest BCUT2D eigenvalue weighted by atomic mass is 10.0. The highest BCUT2D eigenvalue weighted by molar-refractivity contribution is 9.09. The molecule has 0 aliphatic heterocycles. The molecule has 0 saturated heterocycles. The van der Waals surface area contributed by atoms with Gasteiger partial charge in [0, 0.05) is 16.5 Å². The van der Waals surface area contributed by atoms with Gasteiger partial charge in [0.05, 0.1) is 0 Å². The first-order valence-electron chi connectivity index (χ1n) is 6.45. The third kappa shape index (κ3) is 4.53. The van der Waals surface area contributed by atoms with Crippen molar-refractivity contribution in [3.63, 3.8) is 0 Å². The van der Waals surface area contributed by atoms with E-state index in [1.807, 2.05) is 12.2 Å². The summed E-state index contributed by atoms with van der Waals surface area (Å²) in [4.78, 5) is 12.2. The highest BCUT2D eigenvalue weighted by atomic mass is 79.9. The first kappa shape index (κ1) is 15.4. The minimum atomic E-state index is -0.355. The standard InChI is InChI=1S/C17H14BrFO2/c18-11-1-2-12-21-16-9-5-14(6-10-16)17(20)13-3-7-15(19)8-4-13/h1-10H,11-12H2/b2-1+. The van der Waals surface area contributed by atoms with Crippen LogP contribution in [0.5, 0.6) is 5.75 Å². The van der Waals surface area contributed by atoms with Gasteiger partial charge < -0.3 is 4.74 Å². The topological polar surface area (TPSA) is 26.3 Å². The molecule has 4 heteroatoms. The summed E-state index contributed by atoms with van der Waals surface area (Å²) in [6.45, 7) is 0.483. The number of rotatable bonds is 6. The number of alkyl halides is 1. The lowest BCUT2D eigenvalue weighted by Gasteiger charge is -2.05. The Morgan fingerprint density at radius 3 is 2.14 bits per heavy atom. The number of carbonyl (C=O) groups excluding carboxylic acids is 1. The van der Waals surface area contributed by atoms with Crippen LogP contribution in [0.1, 0.15) is 15.9 Å². The van der Waals surface area contributed by atoms with Gasteiger partial charge in [-0.3, -0.25) is 4.79 Å². The molecule has 0 aliphatic carbocycles. The van der Waals surface area contributed by atoms with E-state index in [9.17, 15) is 9.18 Å². The summed E-state index contributed by atoms with van der Waals surface area (Å²) in [6.07, 6.45) is 3.86. The van der Waals surface area contributed by atoms with Crippen molar-refractivity contribution < 1.29 is 13.9 Å². The molecule has 2 nitrogen and oxygen atoms in total. The van der Waals surface area contributed by atoms with Crippen molar-refractivity contribution >= 4 is 21.7 Å². The number of allylic oxidation sites excluding steroid dienone is 1. The van der Waals surface area contributed by atoms with E-state index in [1.54, 1.807) is 24.3 Å². The van der Waals surface area contributed by atoms with Crippen molar-refractivity contribution in [2.24, 2.45) is 0 Å². The largest absolute Gasteiger partial charge is 0.490 e. The molecule has 2 aromatic carbocycles. The Morgan fingerprint density at radius 1 is 1.00 bits per heavy atom. The highest BCUT2D eigenvalue weighted by Crippen LogP contribution is 2.16. The van der Waals surface area contributed by atoms with Crippen LogP contribution in [0.15, 0.2) is 60.7 Å². The second-order valence-corrected chi connectivity index (χ2v) is 4.94. The molecule has 0 heterocycles. The van der Waals surface area contributed by atoms with E-state index in [4.69, 9.17) is 4.74 Å². The van der Waals surface area contributed by atoms with Crippen molar-refractivity contribution in [1.29, 1.82) is 0 Å². The van der Waals surface area contributed by atoms with Crippen molar-refractivity contribution in [2.45, 2.75) is 0 Å². The van der Waals surface area contributed by atoms with Gasteiger partial charge in [-0.05, 0) is 48.5 Å². The Balaban J connectivity index is 2.02. The fraction of sp³-hybridized carbons (Fsp3) is 0.118. The molecule has 2 rings (SSSR count). The number of ether oxygens (including phenoxy) is 1. The molecular weight excluding hydrogens is 335 g/mol. The van der Waals surface area contributed by atoms with Crippen molar-refractivity contribution in [2.75, 3.05) is 11.9 Å². The number of halogens is 2. The number of hydrogen-bond acceptors (Lipinski definition) is 2. The van der Waals surface area contributed by atoms with Gasteiger partial charge in [0.15, 0.2) is 5.78 Å². The van der Waals surface area contributed by atoms with Crippen LogP contribution in [0.25, 0.3) is 0 Å². The molecule has 108 valence electrons. The molecule has 0 spiro atoms. The van der Waals surface area contributed by atoms with Crippen molar-refractivity contribution in [1.82, 2.24) is 0 Å². The highest BCUT2D eigenvalue weighted by Gasteiger charge is 2.08. The van der Waals surface area contributed by atoms with Gasteiger partial charge >= 0.3 is 0 Å². The molecule has 0 N–H and O–H groups in total. The van der Waals surface area contributed by atoms with Gasteiger partial charge in [-0.25, -0.2) is 4.39 Å². The average molecular weight is 349 g/mol. The van der Waals surface area contributed by atoms with Crippen LogP contribution in [0, 0.1) is 5.82 Å². The number of hydrogen-bond donors (Lipinski definition) is 0. The van der Waals surface area contributed by atoms with E-state index in [0.717, 1.165) is 5.33 Å². The minimum Gasteiger partial charge on any atom is -0.490 e. The Bertz CT molecular complexity index is 618. The summed E-state index contributed by atoms with van der Waals surface area (Å²) in [6, 6.07) is 12.4. The number of benzene rings is 2. The second-order valence-electron chi connectivity index (χ2n) is 4.30. The molecular formula is C17H14BrFO2. The maximum Gasteiger partial charge on any atom is 0.193 e. The number of carbonyl (C=O) groups is 1. The monoisotopic (exact) mass is 348 g/mol. The maximum absolute atomic E-state index is 12.8. The Kier molecular flexibility index (Phi) is 5.69. The molecule has 0 saturated carbocycles. The fourth-order valence-corrected chi connectivity index (χ4v) is 2.01. The Morgan fingerprint density at radius 2 is 1.57 bits per heavy atom. The summed E-state index contributed by atoms with van der Waals surface area (Å²) >= 11 is 3.28. The van der Waals surface area contributed by atoms with Crippen LogP contribution in [-0.2, 0) is 0 Å². The van der Waals surface area contributed by atoms with Gasteiger partial charge in [-0.1, -0.05) is 28.1 Å². The predicted octanol–water partition coefficient (Wildman–Crippen LogP) is 4.39. The first-order valence-corrected chi connectivity index (χ1v) is 7.57. The molecule has 0 atom stereocenters. The van der Waals surface area contributed by atoms with E-state index < -0.39 is 0 Å². The lowest BCUT2D eigenvalue weighted by molar-refractivity contribution is 0.103. The third-order valence-corrected chi connectivity index (χ3v) is 3.20. The SMILES string of the molecule is O=C(c1ccc(F)cc1)c1ccc(OC/C=C/CBr)cc1. The fourth-order valence-electron chi connectivity index (χ4n) is 1.75. The van der Waals surface area contributed by atoms with Gasteiger partial charge in [0.25, 0.3) is 0 Å². The Labute approximate surface area is 131 Å². The summed E-state index contributed by atoms with van der Waals surface area (Å²) < 4.78 is 18.3. The molecule has 0 radical (unpaired) electrons. The van der Waals surface area contributed by atoms with Gasteiger partial charge in [-0.2, -0.15) is 0 Å². The molecule has 0 amide bonds. The number of ketones is 1. The van der Waals surface area contributed by atoms with Crippen molar-refractivity contribution in [3.8, 4) is 5.75 Å². The normalized spacial score (nSPS) is 10.8. The van der Waals surface area contributed by atoms with E-state index in [2.05, 4.69) is 15.9 Å². The maximum atomic E-state index is 12.8. The zero-order chi connectivity index (χ0) is 15.1. The molecule has 0 aromatic heterocycles. The van der Waals surface area contributed by atoms with Crippen LogP contribution < -0.4 is 4.74 Å². The van der Waals surface area contributed by atoms with Gasteiger partial charge in [0.2, 0.25) is 0 Å². The van der Waals surface area contributed by atoms with Crippen LogP contribution in [0.4, 0.5) is 4.39 Å². The first-order chi connectivity index (χ1) is 10.2. The summed E-state index contributed by atoms with van der Waals surface area (Å²) in [5.74, 6) is 0.206. The zero-order valence-electron chi connectivity index (χ0n) is 11.3. The van der Waals surface area contributed by atoms with Crippen LogP contribution in [-0.4, -0.2) is 17.7 Å². The predicted molar refractivity (Wildman–Crippen MR) is 84.7 cm³/mol. The average Bonchev–Trinajstić information content (AvgIpc) is 2.52. The Hall–Kier alpha value is -1.94. The minimum absolute atomic E-state index is 0.138. The van der Waals surface area contributed by atoms with Gasteiger partial charge in [0.1, 0.15) is 18.2 Å². The molecule has 0 bridgehead atoms. The van der Waals surface area contributed by atoms with Crippen LogP contribution in [0.2, 0.25) is 0 Å². The smallest absolute Gasteiger partial charge is 0.193 e. The van der Waals surface area contributed by atoms with E-state index in [1.165, 1.54) is 24.3 Å². The van der Waals surface area contributed by atoms with E-state index in [-0.39, 0.29) is 11.6 Å². The zero-order valence-corrected chi connectivity index (χ0v) is 12.8. The quantitative estimate of drug-likeness (QED) is 0.439. The lowest BCUT2D eigenvalue weighted by Crippen LogP contribution is -2.01. The molecule has 0 unspecified atom stereocenters.